The smallest absolute Gasteiger partial charge is 0.257 e. The van der Waals surface area contributed by atoms with Gasteiger partial charge in [0, 0.05) is 72.6 Å². The number of carbonyl (C=O) groups is 1. The summed E-state index contributed by atoms with van der Waals surface area (Å²) in [4.78, 5) is 33.1. The van der Waals surface area contributed by atoms with E-state index in [2.05, 4.69) is 63.5 Å². The third-order valence-corrected chi connectivity index (χ3v) is 9.29. The number of amides is 1. The van der Waals surface area contributed by atoms with E-state index in [9.17, 15) is 4.79 Å². The molecule has 7 rings (SSSR count). The number of carbonyl (C=O) groups excluding carboxylic acids is 1. The summed E-state index contributed by atoms with van der Waals surface area (Å²) in [7, 11) is 0. The van der Waals surface area contributed by atoms with Gasteiger partial charge in [0.1, 0.15) is 5.69 Å². The van der Waals surface area contributed by atoms with E-state index in [1.807, 2.05) is 46.3 Å². The number of rotatable bonds is 8. The van der Waals surface area contributed by atoms with Crippen LogP contribution in [-0.2, 0) is 0 Å². The average molecular weight is 649 g/mol. The molecule has 1 aliphatic rings. The SMILES string of the molecule is CC(C)N1CCN(c2ccc(Nc3nccc(-c4c(-c5cccc(NC(=O)c6ccccc6Cl)c5)nc5sccn45)n3)cc2)CC1. The van der Waals surface area contributed by atoms with E-state index in [0.717, 1.165) is 59.5 Å². The van der Waals surface area contributed by atoms with E-state index in [0.29, 0.717) is 28.3 Å². The van der Waals surface area contributed by atoms with Crippen LogP contribution < -0.4 is 15.5 Å². The number of hydrogen-bond donors (Lipinski definition) is 2. The molecule has 232 valence electrons. The van der Waals surface area contributed by atoms with Gasteiger partial charge in [-0.1, -0.05) is 35.9 Å². The van der Waals surface area contributed by atoms with Crippen LogP contribution in [0.1, 0.15) is 24.2 Å². The van der Waals surface area contributed by atoms with Crippen LogP contribution in [-0.4, -0.2) is 62.4 Å². The van der Waals surface area contributed by atoms with Crippen LogP contribution in [0, 0.1) is 0 Å². The third kappa shape index (κ3) is 6.19. The molecule has 1 fully saturated rings. The monoisotopic (exact) mass is 648 g/mol. The summed E-state index contributed by atoms with van der Waals surface area (Å²) < 4.78 is 2.04. The zero-order valence-electron chi connectivity index (χ0n) is 25.5. The fourth-order valence-corrected chi connectivity index (χ4v) is 6.69. The lowest BCUT2D eigenvalue weighted by Gasteiger charge is -2.38. The molecule has 0 unspecified atom stereocenters. The standard InChI is InChI=1S/C35H33ClN8OS/c1-23(2)42-16-18-43(19-17-42)27-12-10-25(11-13-27)39-34-37-15-14-30(40-34)32-31(41-35-44(32)20-21-46-35)24-6-5-7-26(22-24)38-33(45)28-8-3-4-9-29(28)36/h3-15,20-23H,16-19H2,1-2H3,(H,38,45)(H,37,39,40). The van der Waals surface area contributed by atoms with Gasteiger partial charge in [0.25, 0.3) is 5.91 Å². The molecule has 1 saturated heterocycles. The van der Waals surface area contributed by atoms with Crippen LogP contribution >= 0.6 is 22.9 Å². The summed E-state index contributed by atoms with van der Waals surface area (Å²) in [5.41, 5.74) is 6.36. The highest BCUT2D eigenvalue weighted by Crippen LogP contribution is 2.35. The molecule has 2 N–H and O–H groups in total. The van der Waals surface area contributed by atoms with Crippen LogP contribution in [0.25, 0.3) is 27.6 Å². The van der Waals surface area contributed by atoms with Crippen molar-refractivity contribution in [1.82, 2.24) is 24.3 Å². The summed E-state index contributed by atoms with van der Waals surface area (Å²) in [5.74, 6) is 0.217. The number of fused-ring (bicyclic) bond motifs is 1. The molecule has 1 amide bonds. The minimum Gasteiger partial charge on any atom is -0.369 e. The van der Waals surface area contributed by atoms with Gasteiger partial charge in [-0.05, 0) is 68.4 Å². The Labute approximate surface area is 276 Å². The number of nitrogens with one attached hydrogen (secondary N) is 2. The van der Waals surface area contributed by atoms with Gasteiger partial charge in [-0.3, -0.25) is 14.1 Å². The molecular formula is C35H33ClN8OS. The Kier molecular flexibility index (Phi) is 8.40. The van der Waals surface area contributed by atoms with Gasteiger partial charge in [0.2, 0.25) is 5.95 Å². The highest BCUT2D eigenvalue weighted by Gasteiger charge is 2.21. The van der Waals surface area contributed by atoms with E-state index in [4.69, 9.17) is 21.6 Å². The molecule has 3 aromatic carbocycles. The second kappa shape index (κ2) is 12.9. The van der Waals surface area contributed by atoms with Crippen molar-refractivity contribution in [1.29, 1.82) is 0 Å². The molecule has 0 bridgehead atoms. The maximum Gasteiger partial charge on any atom is 0.257 e. The minimum atomic E-state index is -0.276. The number of aromatic nitrogens is 4. The highest BCUT2D eigenvalue weighted by molar-refractivity contribution is 7.15. The first-order valence-corrected chi connectivity index (χ1v) is 16.5. The largest absolute Gasteiger partial charge is 0.369 e. The van der Waals surface area contributed by atoms with Gasteiger partial charge in [0.05, 0.1) is 22.0 Å². The van der Waals surface area contributed by atoms with Crippen molar-refractivity contribution >= 4 is 56.8 Å². The van der Waals surface area contributed by atoms with Crippen LogP contribution in [0.4, 0.5) is 23.0 Å². The van der Waals surface area contributed by atoms with Gasteiger partial charge >= 0.3 is 0 Å². The Hall–Kier alpha value is -4.77. The van der Waals surface area contributed by atoms with Gasteiger partial charge in [-0.25, -0.2) is 15.0 Å². The summed E-state index contributed by atoms with van der Waals surface area (Å²) in [6.07, 6.45) is 3.74. The van der Waals surface area contributed by atoms with E-state index in [1.54, 1.807) is 41.8 Å². The van der Waals surface area contributed by atoms with Gasteiger partial charge in [0.15, 0.2) is 4.96 Å². The lowest BCUT2D eigenvalue weighted by atomic mass is 10.1. The Morgan fingerprint density at radius 3 is 2.50 bits per heavy atom. The second-order valence-electron chi connectivity index (χ2n) is 11.4. The number of piperazine rings is 1. The molecule has 0 radical (unpaired) electrons. The van der Waals surface area contributed by atoms with E-state index in [-0.39, 0.29) is 5.91 Å². The number of imidazole rings is 1. The van der Waals surface area contributed by atoms with Gasteiger partial charge in [-0.15, -0.1) is 11.3 Å². The molecule has 3 aromatic heterocycles. The summed E-state index contributed by atoms with van der Waals surface area (Å²) in [5, 5.41) is 8.74. The van der Waals surface area contributed by atoms with Crippen molar-refractivity contribution in [2.45, 2.75) is 19.9 Å². The highest BCUT2D eigenvalue weighted by atomic mass is 35.5. The van der Waals surface area contributed by atoms with Crippen molar-refractivity contribution in [3.63, 3.8) is 0 Å². The Morgan fingerprint density at radius 1 is 0.913 bits per heavy atom. The predicted molar refractivity (Wildman–Crippen MR) is 188 cm³/mol. The molecule has 0 spiro atoms. The first-order valence-electron chi connectivity index (χ1n) is 15.2. The molecule has 11 heteroatoms. The summed E-state index contributed by atoms with van der Waals surface area (Å²) in [6.45, 7) is 8.72. The van der Waals surface area contributed by atoms with Crippen LogP contribution in [0.15, 0.2) is 96.6 Å². The predicted octanol–water partition coefficient (Wildman–Crippen LogP) is 7.70. The van der Waals surface area contributed by atoms with Crippen LogP contribution in [0.2, 0.25) is 5.02 Å². The molecule has 0 atom stereocenters. The number of halogens is 1. The van der Waals surface area contributed by atoms with E-state index < -0.39 is 0 Å². The number of nitrogens with zero attached hydrogens (tertiary/aromatic N) is 6. The molecule has 0 saturated carbocycles. The van der Waals surface area contributed by atoms with Crippen molar-refractivity contribution in [3.8, 4) is 22.6 Å². The Bertz CT molecular complexity index is 2000. The number of anilines is 4. The molecule has 9 nitrogen and oxygen atoms in total. The fraction of sp³-hybridized carbons (Fsp3) is 0.200. The minimum absolute atomic E-state index is 0.276. The molecule has 1 aliphatic heterocycles. The molecular weight excluding hydrogens is 616 g/mol. The van der Waals surface area contributed by atoms with Crippen molar-refractivity contribution in [3.05, 3.63) is 107 Å². The van der Waals surface area contributed by atoms with Gasteiger partial charge in [-0.2, -0.15) is 0 Å². The van der Waals surface area contributed by atoms with Gasteiger partial charge < -0.3 is 15.5 Å². The zero-order chi connectivity index (χ0) is 31.6. The summed E-state index contributed by atoms with van der Waals surface area (Å²) >= 11 is 7.81. The van der Waals surface area contributed by atoms with Crippen LogP contribution in [0.3, 0.4) is 0 Å². The maximum absolute atomic E-state index is 12.9. The fourth-order valence-electron chi connectivity index (χ4n) is 5.75. The zero-order valence-corrected chi connectivity index (χ0v) is 27.1. The van der Waals surface area contributed by atoms with Crippen molar-refractivity contribution < 1.29 is 4.79 Å². The normalized spacial score (nSPS) is 13.8. The Morgan fingerprint density at radius 2 is 1.72 bits per heavy atom. The van der Waals surface area contributed by atoms with Crippen molar-refractivity contribution in [2.75, 3.05) is 41.7 Å². The average Bonchev–Trinajstić information content (AvgIpc) is 3.68. The maximum atomic E-state index is 12.9. The number of hydrogen-bond acceptors (Lipinski definition) is 8. The number of benzene rings is 3. The lowest BCUT2D eigenvalue weighted by Crippen LogP contribution is -2.48. The third-order valence-electron chi connectivity index (χ3n) is 8.21. The lowest BCUT2D eigenvalue weighted by molar-refractivity contribution is 0.102. The quantitative estimate of drug-likeness (QED) is 0.175. The molecule has 6 aromatic rings. The topological polar surface area (TPSA) is 90.7 Å². The van der Waals surface area contributed by atoms with E-state index >= 15 is 0 Å². The molecule has 4 heterocycles. The second-order valence-corrected chi connectivity index (χ2v) is 12.7. The first kappa shape index (κ1) is 29.9. The van der Waals surface area contributed by atoms with Crippen molar-refractivity contribution in [2.24, 2.45) is 0 Å². The molecule has 46 heavy (non-hydrogen) atoms. The number of thiazole rings is 1. The van der Waals surface area contributed by atoms with Crippen LogP contribution in [0.5, 0.6) is 0 Å². The first-order chi connectivity index (χ1) is 22.4. The molecule has 0 aliphatic carbocycles. The Balaban J connectivity index is 1.13. The van der Waals surface area contributed by atoms with E-state index in [1.165, 1.54) is 5.69 Å². The summed E-state index contributed by atoms with van der Waals surface area (Å²) in [6, 6.07) is 25.5.